The van der Waals surface area contributed by atoms with E-state index in [0.717, 1.165) is 12.1 Å². The average Bonchev–Trinajstić information content (AvgIpc) is 2.86. The maximum absolute atomic E-state index is 11.0. The first kappa shape index (κ1) is 13.9. The highest BCUT2D eigenvalue weighted by Crippen LogP contribution is 2.09. The standard InChI is InChI=1S/C15H17N3O2/c1-2-16-7-8-17-11-13-5-3-12(4-6-13)9-14-10-15(19)18-20-14/h2-8,10,17H,9,11H2,1H3,(H,18,19)/b8-7-,16-2?. The molecule has 1 heterocycles. The summed E-state index contributed by atoms with van der Waals surface area (Å²) in [4.78, 5) is 14.9. The van der Waals surface area contributed by atoms with E-state index in [4.69, 9.17) is 4.52 Å². The summed E-state index contributed by atoms with van der Waals surface area (Å²) in [5, 5.41) is 5.44. The first-order valence-electron chi connectivity index (χ1n) is 6.39. The summed E-state index contributed by atoms with van der Waals surface area (Å²) in [7, 11) is 0. The van der Waals surface area contributed by atoms with Crippen LogP contribution in [0.25, 0.3) is 0 Å². The van der Waals surface area contributed by atoms with Crippen LogP contribution in [-0.4, -0.2) is 11.4 Å². The molecule has 0 amide bonds. The van der Waals surface area contributed by atoms with E-state index in [1.807, 2.05) is 37.4 Å². The van der Waals surface area contributed by atoms with Gasteiger partial charge in [0.1, 0.15) is 5.76 Å². The second-order valence-corrected chi connectivity index (χ2v) is 4.28. The van der Waals surface area contributed by atoms with Crippen molar-refractivity contribution in [1.29, 1.82) is 0 Å². The zero-order chi connectivity index (χ0) is 14.2. The molecule has 5 nitrogen and oxygen atoms in total. The van der Waals surface area contributed by atoms with E-state index in [-0.39, 0.29) is 5.56 Å². The van der Waals surface area contributed by atoms with Crippen LogP contribution in [0.5, 0.6) is 0 Å². The average molecular weight is 271 g/mol. The molecule has 20 heavy (non-hydrogen) atoms. The lowest BCUT2D eigenvalue weighted by molar-refractivity contribution is 0.384. The van der Waals surface area contributed by atoms with Crippen LogP contribution in [0.15, 0.2) is 57.0 Å². The molecule has 1 aromatic heterocycles. The van der Waals surface area contributed by atoms with Crippen molar-refractivity contribution in [1.82, 2.24) is 10.5 Å². The predicted molar refractivity (Wildman–Crippen MR) is 78.7 cm³/mol. The number of H-pyrrole nitrogens is 1. The Morgan fingerprint density at radius 2 is 2.05 bits per heavy atom. The Balaban J connectivity index is 1.88. The lowest BCUT2D eigenvalue weighted by Crippen LogP contribution is -2.04. The Bertz CT molecular complexity index is 636. The largest absolute Gasteiger partial charge is 0.386 e. The Kier molecular flexibility index (Phi) is 4.94. The summed E-state index contributed by atoms with van der Waals surface area (Å²) in [5.41, 5.74) is 2.07. The van der Waals surface area contributed by atoms with Crippen molar-refractivity contribution in [2.45, 2.75) is 19.9 Å². The fraction of sp³-hybridized carbons (Fsp3) is 0.200. The summed E-state index contributed by atoms with van der Waals surface area (Å²) in [6.07, 6.45) is 5.86. The van der Waals surface area contributed by atoms with Gasteiger partial charge in [-0.1, -0.05) is 24.3 Å². The van der Waals surface area contributed by atoms with Crippen LogP contribution < -0.4 is 10.9 Å². The molecule has 0 spiro atoms. The topological polar surface area (TPSA) is 70.4 Å². The molecule has 1 aromatic carbocycles. The van der Waals surface area contributed by atoms with Gasteiger partial charge in [0.15, 0.2) is 0 Å². The van der Waals surface area contributed by atoms with E-state index >= 15 is 0 Å². The summed E-state index contributed by atoms with van der Waals surface area (Å²) in [5.74, 6) is 0.640. The number of hydrogen-bond donors (Lipinski definition) is 2. The van der Waals surface area contributed by atoms with Crippen molar-refractivity contribution < 1.29 is 4.52 Å². The highest BCUT2D eigenvalue weighted by Gasteiger charge is 2.01. The number of nitrogens with one attached hydrogen (secondary N) is 2. The number of benzene rings is 1. The fourth-order valence-corrected chi connectivity index (χ4v) is 1.74. The SMILES string of the molecule is CC=N/C=C\NCc1ccc(Cc2cc(=O)[nH]o2)cc1. The van der Waals surface area contributed by atoms with Crippen molar-refractivity contribution in [2.24, 2.45) is 4.99 Å². The molecular formula is C15H17N3O2. The van der Waals surface area contributed by atoms with Gasteiger partial charge in [0, 0.05) is 37.6 Å². The van der Waals surface area contributed by atoms with Crippen LogP contribution in [0.2, 0.25) is 0 Å². The third-order valence-corrected chi connectivity index (χ3v) is 2.71. The van der Waals surface area contributed by atoms with Gasteiger partial charge in [-0.3, -0.25) is 9.79 Å². The molecule has 0 radical (unpaired) electrons. The minimum absolute atomic E-state index is 0.206. The second-order valence-electron chi connectivity index (χ2n) is 4.28. The summed E-state index contributed by atoms with van der Waals surface area (Å²) in [6, 6.07) is 9.61. The van der Waals surface area contributed by atoms with E-state index in [1.54, 1.807) is 12.4 Å². The lowest BCUT2D eigenvalue weighted by atomic mass is 10.1. The molecule has 104 valence electrons. The molecule has 2 N–H and O–H groups in total. The lowest BCUT2D eigenvalue weighted by Gasteiger charge is -2.03. The van der Waals surface area contributed by atoms with Crippen molar-refractivity contribution in [3.8, 4) is 0 Å². The van der Waals surface area contributed by atoms with Gasteiger partial charge in [0.2, 0.25) is 0 Å². The highest BCUT2D eigenvalue weighted by molar-refractivity contribution is 5.54. The number of aromatic amines is 1. The molecule has 0 aliphatic heterocycles. The molecule has 0 aliphatic rings. The van der Waals surface area contributed by atoms with E-state index in [9.17, 15) is 4.79 Å². The molecule has 2 rings (SSSR count). The van der Waals surface area contributed by atoms with Gasteiger partial charge in [0.25, 0.3) is 5.56 Å². The number of aliphatic imine (C=N–C) groups is 1. The van der Waals surface area contributed by atoms with E-state index in [1.165, 1.54) is 11.6 Å². The molecule has 0 atom stereocenters. The quantitative estimate of drug-likeness (QED) is 0.791. The summed E-state index contributed by atoms with van der Waals surface area (Å²) in [6.45, 7) is 2.62. The monoisotopic (exact) mass is 271 g/mol. The van der Waals surface area contributed by atoms with Gasteiger partial charge in [-0.25, -0.2) is 0 Å². The third kappa shape index (κ3) is 4.28. The Morgan fingerprint density at radius 3 is 2.70 bits per heavy atom. The van der Waals surface area contributed by atoms with Crippen LogP contribution in [0, 0.1) is 0 Å². The maximum Gasteiger partial charge on any atom is 0.280 e. The Labute approximate surface area is 117 Å². The minimum atomic E-state index is -0.206. The number of aromatic nitrogens is 1. The summed E-state index contributed by atoms with van der Waals surface area (Å²) >= 11 is 0. The second kappa shape index (κ2) is 7.13. The van der Waals surface area contributed by atoms with Crippen molar-refractivity contribution in [2.75, 3.05) is 0 Å². The zero-order valence-corrected chi connectivity index (χ0v) is 11.3. The first-order valence-corrected chi connectivity index (χ1v) is 6.39. The zero-order valence-electron chi connectivity index (χ0n) is 11.3. The van der Waals surface area contributed by atoms with Crippen LogP contribution in [0.1, 0.15) is 23.8 Å². The van der Waals surface area contributed by atoms with Gasteiger partial charge in [-0.2, -0.15) is 5.16 Å². The highest BCUT2D eigenvalue weighted by atomic mass is 16.5. The van der Waals surface area contributed by atoms with Crippen molar-refractivity contribution in [3.63, 3.8) is 0 Å². The number of hydrogen-bond acceptors (Lipinski definition) is 4. The van der Waals surface area contributed by atoms with E-state index in [0.29, 0.717) is 12.2 Å². The van der Waals surface area contributed by atoms with Crippen molar-refractivity contribution in [3.05, 3.63) is 70.0 Å². The van der Waals surface area contributed by atoms with Crippen LogP contribution in [0.3, 0.4) is 0 Å². The fourth-order valence-electron chi connectivity index (χ4n) is 1.74. The molecule has 5 heteroatoms. The molecule has 0 unspecified atom stereocenters. The maximum atomic E-state index is 11.0. The molecule has 0 saturated carbocycles. The van der Waals surface area contributed by atoms with E-state index < -0.39 is 0 Å². The van der Waals surface area contributed by atoms with Crippen LogP contribution >= 0.6 is 0 Å². The smallest absolute Gasteiger partial charge is 0.280 e. The third-order valence-electron chi connectivity index (χ3n) is 2.71. The van der Waals surface area contributed by atoms with Crippen LogP contribution in [-0.2, 0) is 13.0 Å². The van der Waals surface area contributed by atoms with Gasteiger partial charge in [0.05, 0.1) is 0 Å². The molecule has 0 bridgehead atoms. The Morgan fingerprint density at radius 1 is 1.30 bits per heavy atom. The molecule has 0 fully saturated rings. The van der Waals surface area contributed by atoms with Crippen LogP contribution in [0.4, 0.5) is 0 Å². The normalized spacial score (nSPS) is 11.4. The van der Waals surface area contributed by atoms with Crippen molar-refractivity contribution >= 4 is 6.21 Å². The molecular weight excluding hydrogens is 254 g/mol. The van der Waals surface area contributed by atoms with Gasteiger partial charge in [-0.15, -0.1) is 0 Å². The molecule has 0 saturated heterocycles. The molecule has 2 aromatic rings. The van der Waals surface area contributed by atoms with E-state index in [2.05, 4.69) is 15.5 Å². The van der Waals surface area contributed by atoms with Gasteiger partial charge >= 0.3 is 0 Å². The minimum Gasteiger partial charge on any atom is -0.386 e. The number of nitrogens with zero attached hydrogens (tertiary/aromatic N) is 1. The summed E-state index contributed by atoms with van der Waals surface area (Å²) < 4.78 is 5.03. The predicted octanol–water partition coefficient (Wildman–Crippen LogP) is 2.21. The van der Waals surface area contributed by atoms with Gasteiger partial charge < -0.3 is 9.84 Å². The first-order chi connectivity index (χ1) is 9.78. The number of rotatable bonds is 6. The van der Waals surface area contributed by atoms with Gasteiger partial charge in [-0.05, 0) is 18.1 Å². The molecule has 0 aliphatic carbocycles. The Hall–Kier alpha value is -2.56.